The molecule has 1 rings (SSSR count). The number of hydrogen-bond donors (Lipinski definition) is 1. The molecule has 0 fully saturated rings. The second-order valence-electron chi connectivity index (χ2n) is 3.80. The molecule has 1 aromatic heterocycles. The number of nitrogen functional groups attached to an aromatic ring is 1. The standard InChI is InChI=1S/C12H20N4O2/c1-4-6-15(7-8-18-3)12(17)11-10(13)9-14-16(11)5-2/h4,9H,1,5-8,13H2,2-3H3. The molecule has 18 heavy (non-hydrogen) atoms. The lowest BCUT2D eigenvalue weighted by Gasteiger charge is -2.21. The van der Waals surface area contributed by atoms with Crippen molar-refractivity contribution < 1.29 is 9.53 Å². The SMILES string of the molecule is C=CCN(CCOC)C(=O)c1c(N)cnn1CC. The molecular formula is C12H20N4O2. The first-order valence-corrected chi connectivity index (χ1v) is 5.86. The van der Waals surface area contributed by atoms with Crippen LogP contribution in [-0.2, 0) is 11.3 Å². The van der Waals surface area contributed by atoms with Crippen molar-refractivity contribution in [2.24, 2.45) is 0 Å². The summed E-state index contributed by atoms with van der Waals surface area (Å²) in [5.74, 6) is -0.149. The number of ether oxygens (including phenoxy) is 1. The molecular weight excluding hydrogens is 232 g/mol. The van der Waals surface area contributed by atoms with Gasteiger partial charge in [-0.3, -0.25) is 9.48 Å². The highest BCUT2D eigenvalue weighted by Gasteiger charge is 2.21. The fourth-order valence-corrected chi connectivity index (χ4v) is 1.66. The summed E-state index contributed by atoms with van der Waals surface area (Å²) in [5, 5.41) is 4.07. The zero-order chi connectivity index (χ0) is 13.5. The van der Waals surface area contributed by atoms with Crippen molar-refractivity contribution in [1.29, 1.82) is 0 Å². The largest absolute Gasteiger partial charge is 0.396 e. The molecule has 6 nitrogen and oxygen atoms in total. The van der Waals surface area contributed by atoms with Crippen molar-refractivity contribution in [2.75, 3.05) is 32.5 Å². The topological polar surface area (TPSA) is 73.4 Å². The van der Waals surface area contributed by atoms with Gasteiger partial charge in [-0.2, -0.15) is 5.10 Å². The van der Waals surface area contributed by atoms with E-state index in [0.29, 0.717) is 37.6 Å². The van der Waals surface area contributed by atoms with Crippen molar-refractivity contribution in [3.05, 3.63) is 24.5 Å². The van der Waals surface area contributed by atoms with E-state index in [4.69, 9.17) is 10.5 Å². The zero-order valence-electron chi connectivity index (χ0n) is 10.9. The van der Waals surface area contributed by atoms with Gasteiger partial charge in [-0.15, -0.1) is 6.58 Å². The van der Waals surface area contributed by atoms with Gasteiger partial charge in [0.15, 0.2) is 0 Å². The third-order valence-corrected chi connectivity index (χ3v) is 2.57. The van der Waals surface area contributed by atoms with Gasteiger partial charge >= 0.3 is 0 Å². The van der Waals surface area contributed by atoms with Crippen LogP contribution in [-0.4, -0.2) is 47.4 Å². The maximum absolute atomic E-state index is 12.4. The van der Waals surface area contributed by atoms with Crippen molar-refractivity contribution in [3.8, 4) is 0 Å². The lowest BCUT2D eigenvalue weighted by atomic mass is 10.3. The van der Waals surface area contributed by atoms with Crippen LogP contribution in [0, 0.1) is 0 Å². The maximum Gasteiger partial charge on any atom is 0.274 e. The number of anilines is 1. The molecule has 0 aliphatic heterocycles. The average molecular weight is 252 g/mol. The Bertz CT molecular complexity index is 414. The second-order valence-corrected chi connectivity index (χ2v) is 3.80. The quantitative estimate of drug-likeness (QED) is 0.727. The van der Waals surface area contributed by atoms with E-state index in [1.54, 1.807) is 22.8 Å². The van der Waals surface area contributed by atoms with Crippen molar-refractivity contribution in [1.82, 2.24) is 14.7 Å². The van der Waals surface area contributed by atoms with Gasteiger partial charge in [-0.05, 0) is 6.92 Å². The van der Waals surface area contributed by atoms with Gasteiger partial charge in [0, 0.05) is 26.7 Å². The van der Waals surface area contributed by atoms with Crippen molar-refractivity contribution in [3.63, 3.8) is 0 Å². The average Bonchev–Trinajstić information content (AvgIpc) is 2.74. The molecule has 0 saturated heterocycles. The molecule has 0 spiro atoms. The van der Waals surface area contributed by atoms with E-state index in [1.807, 2.05) is 6.92 Å². The van der Waals surface area contributed by atoms with Crippen LogP contribution in [0.1, 0.15) is 17.4 Å². The number of nitrogens with two attached hydrogens (primary N) is 1. The van der Waals surface area contributed by atoms with Crippen LogP contribution >= 0.6 is 0 Å². The summed E-state index contributed by atoms with van der Waals surface area (Å²) in [5.41, 5.74) is 6.62. The zero-order valence-corrected chi connectivity index (χ0v) is 10.9. The Labute approximate surface area is 107 Å². The predicted molar refractivity (Wildman–Crippen MR) is 70.3 cm³/mol. The van der Waals surface area contributed by atoms with Crippen LogP contribution in [0.5, 0.6) is 0 Å². The summed E-state index contributed by atoms with van der Waals surface area (Å²) in [6.45, 7) is 7.59. The van der Waals surface area contributed by atoms with Crippen molar-refractivity contribution in [2.45, 2.75) is 13.5 Å². The minimum Gasteiger partial charge on any atom is -0.396 e. The summed E-state index contributed by atoms with van der Waals surface area (Å²) in [7, 11) is 1.60. The minimum atomic E-state index is -0.149. The number of aryl methyl sites for hydroxylation is 1. The Morgan fingerprint density at radius 2 is 2.44 bits per heavy atom. The highest BCUT2D eigenvalue weighted by molar-refractivity contribution is 5.97. The van der Waals surface area contributed by atoms with E-state index < -0.39 is 0 Å². The number of amides is 1. The number of aromatic nitrogens is 2. The fraction of sp³-hybridized carbons (Fsp3) is 0.500. The molecule has 1 heterocycles. The molecule has 0 radical (unpaired) electrons. The smallest absolute Gasteiger partial charge is 0.274 e. The van der Waals surface area contributed by atoms with Crippen LogP contribution in [0.15, 0.2) is 18.9 Å². The van der Waals surface area contributed by atoms with Crippen LogP contribution in [0.4, 0.5) is 5.69 Å². The van der Waals surface area contributed by atoms with Gasteiger partial charge in [0.1, 0.15) is 5.69 Å². The van der Waals surface area contributed by atoms with Gasteiger partial charge in [0.05, 0.1) is 18.5 Å². The Kier molecular flexibility index (Phi) is 5.38. The predicted octanol–water partition coefficient (Wildman–Crippen LogP) is 0.760. The van der Waals surface area contributed by atoms with Crippen LogP contribution < -0.4 is 5.73 Å². The molecule has 1 aromatic rings. The van der Waals surface area contributed by atoms with E-state index in [2.05, 4.69) is 11.7 Å². The van der Waals surface area contributed by atoms with E-state index in [1.165, 1.54) is 6.20 Å². The second kappa shape index (κ2) is 6.80. The number of rotatable bonds is 7. The van der Waals surface area contributed by atoms with Crippen LogP contribution in [0.2, 0.25) is 0 Å². The van der Waals surface area contributed by atoms with E-state index in [9.17, 15) is 4.79 Å². The molecule has 2 N–H and O–H groups in total. The summed E-state index contributed by atoms with van der Waals surface area (Å²) < 4.78 is 6.59. The summed E-state index contributed by atoms with van der Waals surface area (Å²) in [4.78, 5) is 14.0. The first kappa shape index (κ1) is 14.2. The monoisotopic (exact) mass is 252 g/mol. The summed E-state index contributed by atoms with van der Waals surface area (Å²) >= 11 is 0. The number of hydrogen-bond acceptors (Lipinski definition) is 4. The highest BCUT2D eigenvalue weighted by atomic mass is 16.5. The Morgan fingerprint density at radius 1 is 1.72 bits per heavy atom. The number of carbonyl (C=O) groups is 1. The molecule has 0 aliphatic rings. The maximum atomic E-state index is 12.4. The lowest BCUT2D eigenvalue weighted by molar-refractivity contribution is 0.0707. The molecule has 1 amide bonds. The lowest BCUT2D eigenvalue weighted by Crippen LogP contribution is -2.35. The molecule has 0 aromatic carbocycles. The molecule has 100 valence electrons. The Hall–Kier alpha value is -1.82. The fourth-order valence-electron chi connectivity index (χ4n) is 1.66. The Morgan fingerprint density at radius 3 is 3.00 bits per heavy atom. The normalized spacial score (nSPS) is 10.3. The number of methoxy groups -OCH3 is 1. The van der Waals surface area contributed by atoms with E-state index in [-0.39, 0.29) is 5.91 Å². The molecule has 6 heteroatoms. The highest BCUT2D eigenvalue weighted by Crippen LogP contribution is 2.13. The van der Waals surface area contributed by atoms with Gasteiger partial charge in [0.2, 0.25) is 0 Å². The van der Waals surface area contributed by atoms with E-state index >= 15 is 0 Å². The third kappa shape index (κ3) is 3.10. The molecule has 0 atom stereocenters. The number of nitrogens with zero attached hydrogens (tertiary/aromatic N) is 3. The van der Waals surface area contributed by atoms with Gasteiger partial charge < -0.3 is 15.4 Å². The van der Waals surface area contributed by atoms with Crippen LogP contribution in [0.25, 0.3) is 0 Å². The van der Waals surface area contributed by atoms with Crippen molar-refractivity contribution >= 4 is 11.6 Å². The van der Waals surface area contributed by atoms with Gasteiger partial charge in [0.25, 0.3) is 5.91 Å². The minimum absolute atomic E-state index is 0.149. The third-order valence-electron chi connectivity index (χ3n) is 2.57. The molecule has 0 unspecified atom stereocenters. The van der Waals surface area contributed by atoms with Gasteiger partial charge in [-0.1, -0.05) is 6.08 Å². The Balaban J connectivity index is 2.93. The first-order valence-electron chi connectivity index (χ1n) is 5.86. The van der Waals surface area contributed by atoms with Crippen LogP contribution in [0.3, 0.4) is 0 Å². The summed E-state index contributed by atoms with van der Waals surface area (Å²) in [6, 6.07) is 0. The molecule has 0 bridgehead atoms. The van der Waals surface area contributed by atoms with Gasteiger partial charge in [-0.25, -0.2) is 0 Å². The first-order chi connectivity index (χ1) is 8.65. The molecule has 0 aliphatic carbocycles. The summed E-state index contributed by atoms with van der Waals surface area (Å²) in [6.07, 6.45) is 3.18. The molecule has 0 saturated carbocycles. The van der Waals surface area contributed by atoms with E-state index in [0.717, 1.165) is 0 Å². The number of carbonyl (C=O) groups excluding carboxylic acids is 1.